The summed E-state index contributed by atoms with van der Waals surface area (Å²) in [5.41, 5.74) is 10.3. The van der Waals surface area contributed by atoms with Gasteiger partial charge in [0, 0.05) is 11.5 Å². The van der Waals surface area contributed by atoms with Gasteiger partial charge in [-0.3, -0.25) is 0 Å². The Kier molecular flexibility index (Phi) is 2.17. The second-order valence-corrected chi connectivity index (χ2v) is 4.55. The Morgan fingerprint density at radius 3 is 3.13 bits per heavy atom. The Bertz CT molecular complexity index is 384. The molecule has 1 aliphatic heterocycles. The molecular weight excluding hydrogens is 186 g/mol. The molecule has 0 saturated heterocycles. The van der Waals surface area contributed by atoms with Crippen LogP contribution in [0.2, 0.25) is 0 Å². The summed E-state index contributed by atoms with van der Waals surface area (Å²) in [4.78, 5) is 0. The maximum atomic E-state index is 5.73. The van der Waals surface area contributed by atoms with Crippen LogP contribution in [0.5, 0.6) is 5.75 Å². The lowest BCUT2D eigenvalue weighted by Crippen LogP contribution is -2.09. The summed E-state index contributed by atoms with van der Waals surface area (Å²) >= 11 is 0. The molecule has 0 saturated carbocycles. The van der Waals surface area contributed by atoms with Crippen molar-refractivity contribution in [2.45, 2.75) is 31.6 Å². The van der Waals surface area contributed by atoms with E-state index >= 15 is 0 Å². The predicted molar refractivity (Wildman–Crippen MR) is 60.4 cm³/mol. The molecule has 0 fully saturated rings. The molecule has 1 unspecified atom stereocenters. The molecular formula is C13H17NO. The number of nitrogens with two attached hydrogens (primary N) is 1. The van der Waals surface area contributed by atoms with Gasteiger partial charge in [-0.25, -0.2) is 0 Å². The van der Waals surface area contributed by atoms with Crippen LogP contribution in [-0.2, 0) is 12.8 Å². The van der Waals surface area contributed by atoms with Crippen LogP contribution in [0.15, 0.2) is 12.1 Å². The first-order valence-corrected chi connectivity index (χ1v) is 5.87. The molecule has 0 amide bonds. The zero-order valence-electron chi connectivity index (χ0n) is 8.96. The lowest BCUT2D eigenvalue weighted by atomic mass is 9.91. The van der Waals surface area contributed by atoms with Crippen molar-refractivity contribution in [2.75, 3.05) is 13.2 Å². The Hall–Kier alpha value is -1.02. The van der Waals surface area contributed by atoms with Crippen LogP contribution >= 0.6 is 0 Å². The van der Waals surface area contributed by atoms with E-state index < -0.39 is 0 Å². The van der Waals surface area contributed by atoms with Gasteiger partial charge in [0.1, 0.15) is 5.75 Å². The second kappa shape index (κ2) is 3.53. The summed E-state index contributed by atoms with van der Waals surface area (Å²) in [6, 6.07) is 4.39. The van der Waals surface area contributed by atoms with E-state index in [2.05, 4.69) is 12.1 Å². The van der Waals surface area contributed by atoms with Crippen LogP contribution in [0.25, 0.3) is 0 Å². The maximum Gasteiger partial charge on any atom is 0.123 e. The molecule has 0 spiro atoms. The zero-order chi connectivity index (χ0) is 10.3. The molecule has 2 nitrogen and oxygen atoms in total. The summed E-state index contributed by atoms with van der Waals surface area (Å²) in [6.45, 7) is 1.60. The van der Waals surface area contributed by atoms with Gasteiger partial charge in [0.05, 0.1) is 6.61 Å². The molecule has 0 radical (unpaired) electrons. The SMILES string of the molecule is NCCC1COc2ccc3c(c21)CCC3. The topological polar surface area (TPSA) is 35.2 Å². The Balaban J connectivity index is 2.05. The predicted octanol–water partition coefficient (Wildman–Crippen LogP) is 2.00. The molecule has 2 N–H and O–H groups in total. The summed E-state index contributed by atoms with van der Waals surface area (Å²) in [5.74, 6) is 1.67. The van der Waals surface area contributed by atoms with Crippen LogP contribution in [0.3, 0.4) is 0 Å². The van der Waals surface area contributed by atoms with Gasteiger partial charge >= 0.3 is 0 Å². The molecule has 1 aromatic carbocycles. The lowest BCUT2D eigenvalue weighted by molar-refractivity contribution is 0.326. The number of hydrogen-bond acceptors (Lipinski definition) is 2. The number of hydrogen-bond donors (Lipinski definition) is 1. The highest BCUT2D eigenvalue weighted by atomic mass is 16.5. The minimum atomic E-state index is 0.554. The lowest BCUT2D eigenvalue weighted by Gasteiger charge is -2.11. The maximum absolute atomic E-state index is 5.73. The minimum Gasteiger partial charge on any atom is -0.493 e. The monoisotopic (exact) mass is 203 g/mol. The third kappa shape index (κ3) is 1.36. The van der Waals surface area contributed by atoms with Crippen LogP contribution < -0.4 is 10.5 Å². The molecule has 2 heteroatoms. The van der Waals surface area contributed by atoms with Crippen molar-refractivity contribution in [3.8, 4) is 5.75 Å². The molecule has 0 bridgehead atoms. The molecule has 1 aliphatic carbocycles. The molecule has 2 aliphatic rings. The van der Waals surface area contributed by atoms with Crippen molar-refractivity contribution < 1.29 is 4.74 Å². The van der Waals surface area contributed by atoms with Crippen molar-refractivity contribution in [2.24, 2.45) is 5.73 Å². The van der Waals surface area contributed by atoms with Gasteiger partial charge in [-0.15, -0.1) is 0 Å². The summed E-state index contributed by atoms with van der Waals surface area (Å²) in [7, 11) is 0. The molecule has 80 valence electrons. The van der Waals surface area contributed by atoms with E-state index in [1.165, 1.54) is 24.8 Å². The molecule has 3 rings (SSSR count). The van der Waals surface area contributed by atoms with E-state index in [4.69, 9.17) is 10.5 Å². The minimum absolute atomic E-state index is 0.554. The normalized spacial score (nSPS) is 22.3. The second-order valence-electron chi connectivity index (χ2n) is 4.55. The smallest absolute Gasteiger partial charge is 0.123 e. The van der Waals surface area contributed by atoms with Gasteiger partial charge in [-0.2, -0.15) is 0 Å². The zero-order valence-corrected chi connectivity index (χ0v) is 8.96. The van der Waals surface area contributed by atoms with Crippen molar-refractivity contribution in [1.29, 1.82) is 0 Å². The largest absolute Gasteiger partial charge is 0.493 e. The van der Waals surface area contributed by atoms with Gasteiger partial charge in [0.25, 0.3) is 0 Å². The van der Waals surface area contributed by atoms with Crippen LogP contribution in [0.4, 0.5) is 0 Å². The van der Waals surface area contributed by atoms with Gasteiger partial charge in [0.15, 0.2) is 0 Å². The highest BCUT2D eigenvalue weighted by molar-refractivity contribution is 5.51. The molecule has 1 heterocycles. The Morgan fingerprint density at radius 2 is 2.27 bits per heavy atom. The third-order valence-electron chi connectivity index (χ3n) is 3.65. The number of benzene rings is 1. The number of rotatable bonds is 2. The number of ether oxygens (including phenoxy) is 1. The van der Waals surface area contributed by atoms with Crippen LogP contribution in [0, 0.1) is 0 Å². The number of aryl methyl sites for hydroxylation is 1. The average molecular weight is 203 g/mol. The standard InChI is InChI=1S/C13H17NO/c14-7-6-10-8-15-12-5-4-9-2-1-3-11(9)13(10)12/h4-5,10H,1-3,6-8,14H2. The first-order chi connectivity index (χ1) is 7.40. The van der Waals surface area contributed by atoms with Crippen molar-refractivity contribution >= 4 is 0 Å². The van der Waals surface area contributed by atoms with E-state index in [-0.39, 0.29) is 0 Å². The molecule has 0 aromatic heterocycles. The van der Waals surface area contributed by atoms with Crippen molar-refractivity contribution in [3.05, 3.63) is 28.8 Å². The summed E-state index contributed by atoms with van der Waals surface area (Å²) < 4.78 is 5.73. The van der Waals surface area contributed by atoms with E-state index in [1.807, 2.05) is 0 Å². The van der Waals surface area contributed by atoms with Gasteiger partial charge in [0.2, 0.25) is 0 Å². The summed E-state index contributed by atoms with van der Waals surface area (Å²) in [5, 5.41) is 0. The highest BCUT2D eigenvalue weighted by Gasteiger charge is 2.29. The number of fused-ring (bicyclic) bond motifs is 3. The van der Waals surface area contributed by atoms with Crippen LogP contribution in [0.1, 0.15) is 35.4 Å². The average Bonchev–Trinajstić information content (AvgIpc) is 2.83. The summed E-state index contributed by atoms with van der Waals surface area (Å²) in [6.07, 6.45) is 4.85. The first kappa shape index (κ1) is 9.22. The van der Waals surface area contributed by atoms with Gasteiger partial charge in [-0.1, -0.05) is 6.07 Å². The van der Waals surface area contributed by atoms with E-state index in [9.17, 15) is 0 Å². The van der Waals surface area contributed by atoms with E-state index in [0.717, 1.165) is 25.3 Å². The van der Waals surface area contributed by atoms with Crippen molar-refractivity contribution in [1.82, 2.24) is 0 Å². The molecule has 1 atom stereocenters. The fourth-order valence-corrected chi connectivity index (χ4v) is 2.95. The fourth-order valence-electron chi connectivity index (χ4n) is 2.95. The third-order valence-corrected chi connectivity index (χ3v) is 3.65. The van der Waals surface area contributed by atoms with Gasteiger partial charge in [-0.05, 0) is 49.4 Å². The van der Waals surface area contributed by atoms with E-state index in [0.29, 0.717) is 5.92 Å². The van der Waals surface area contributed by atoms with Gasteiger partial charge < -0.3 is 10.5 Å². The first-order valence-electron chi connectivity index (χ1n) is 5.87. The fraction of sp³-hybridized carbons (Fsp3) is 0.538. The quantitative estimate of drug-likeness (QED) is 0.798. The van der Waals surface area contributed by atoms with E-state index in [1.54, 1.807) is 11.1 Å². The van der Waals surface area contributed by atoms with Crippen LogP contribution in [-0.4, -0.2) is 13.2 Å². The molecule has 1 aromatic rings. The van der Waals surface area contributed by atoms with Crippen molar-refractivity contribution in [3.63, 3.8) is 0 Å². The molecule has 15 heavy (non-hydrogen) atoms. The Labute approximate surface area is 90.4 Å². The highest BCUT2D eigenvalue weighted by Crippen LogP contribution is 2.42. The Morgan fingerprint density at radius 1 is 1.33 bits per heavy atom.